The molecule has 4 unspecified atom stereocenters. The molecule has 7 nitrogen and oxygen atoms in total. The predicted octanol–water partition coefficient (Wildman–Crippen LogP) is 7.15. The number of esters is 1. The molecule has 6 rings (SSSR count). The zero-order valence-corrected chi connectivity index (χ0v) is 24.8. The predicted molar refractivity (Wildman–Crippen MR) is 162 cm³/mol. The number of H-pyrrole nitrogens is 2. The van der Waals surface area contributed by atoms with Crippen LogP contribution in [0.1, 0.15) is 113 Å². The minimum Gasteiger partial charge on any atom is -0.469 e. The van der Waals surface area contributed by atoms with E-state index in [9.17, 15) is 9.59 Å². The number of aryl methyl sites for hydroxylation is 3. The van der Waals surface area contributed by atoms with Gasteiger partial charge in [0.15, 0.2) is 5.78 Å². The normalized spacial score (nSPS) is 21.4. The maximum atomic E-state index is 13.4. The minimum absolute atomic E-state index is 0.0109. The maximum absolute atomic E-state index is 13.4. The quantitative estimate of drug-likeness (QED) is 0.260. The number of ketones is 1. The fourth-order valence-corrected chi connectivity index (χ4v) is 7.10. The first kappa shape index (κ1) is 27.2. The molecule has 3 aromatic heterocycles. The zero-order valence-electron chi connectivity index (χ0n) is 24.8. The topological polar surface area (TPSA) is 101 Å². The van der Waals surface area contributed by atoms with E-state index in [1.54, 1.807) is 0 Å². The van der Waals surface area contributed by atoms with E-state index in [1.165, 1.54) is 18.2 Å². The summed E-state index contributed by atoms with van der Waals surface area (Å²) >= 11 is 0. The molecule has 0 saturated heterocycles. The smallest absolute Gasteiger partial charge is 0.305 e. The van der Waals surface area contributed by atoms with Gasteiger partial charge in [-0.1, -0.05) is 26.8 Å². The van der Waals surface area contributed by atoms with Crippen LogP contribution in [0.5, 0.6) is 0 Å². The van der Waals surface area contributed by atoms with Crippen molar-refractivity contribution in [3.63, 3.8) is 0 Å². The van der Waals surface area contributed by atoms with Crippen molar-refractivity contribution in [2.24, 2.45) is 0 Å². The first-order valence-corrected chi connectivity index (χ1v) is 14.6. The molecule has 7 heteroatoms. The van der Waals surface area contributed by atoms with Crippen LogP contribution in [0, 0.1) is 13.8 Å². The standard InChI is InChI=1S/C34H38N4O3/c1-8-20-16(3)24-13-26-18(5)22(10-11-31(40)41-7)33(37-26)23-12-30(39)32-19(6)27(38-34(23)32)15-29-21(9-2)17(4)25(36-29)14-28(20)35-24/h8,13-16,18,20,22,36,38H,1,9-12H2,2-7H3. The molecule has 0 saturated carbocycles. The van der Waals surface area contributed by atoms with Gasteiger partial charge in [-0.05, 0) is 61.6 Å². The highest BCUT2D eigenvalue weighted by atomic mass is 16.5. The fourth-order valence-electron chi connectivity index (χ4n) is 7.10. The van der Waals surface area contributed by atoms with E-state index in [4.69, 9.17) is 14.7 Å². The molecule has 4 atom stereocenters. The Morgan fingerprint density at radius 2 is 1.76 bits per heavy atom. The van der Waals surface area contributed by atoms with Gasteiger partial charge in [-0.25, -0.2) is 0 Å². The summed E-state index contributed by atoms with van der Waals surface area (Å²) in [6, 6.07) is 6.42. The summed E-state index contributed by atoms with van der Waals surface area (Å²) < 4.78 is 4.96. The van der Waals surface area contributed by atoms with Crippen molar-refractivity contribution >= 4 is 33.8 Å². The number of ether oxygens (including phenoxy) is 1. The Morgan fingerprint density at radius 1 is 1.02 bits per heavy atom. The van der Waals surface area contributed by atoms with Crippen molar-refractivity contribution in [3.05, 3.63) is 81.4 Å². The van der Waals surface area contributed by atoms with Crippen molar-refractivity contribution in [2.75, 3.05) is 7.11 Å². The minimum atomic E-state index is -0.238. The SMILES string of the molecule is C=CC1c2cc3[nH]c(cc4[nH]c5c(c6nc(cc(n2)C1C)C(C)C6CCC(=O)OC)CC(=O)c5c4C)c(CC)c3C. The third kappa shape index (κ3) is 4.25. The maximum Gasteiger partial charge on any atom is 0.305 e. The van der Waals surface area contributed by atoms with Gasteiger partial charge in [0.05, 0.1) is 24.0 Å². The van der Waals surface area contributed by atoms with Gasteiger partial charge in [0.1, 0.15) is 0 Å². The summed E-state index contributed by atoms with van der Waals surface area (Å²) in [5.74, 6) is 0.155. The first-order chi connectivity index (χ1) is 19.7. The molecule has 0 amide bonds. The number of allylic oxidation sites excluding steroid dienone is 1. The summed E-state index contributed by atoms with van der Waals surface area (Å²) in [4.78, 5) is 43.2. The Labute approximate surface area is 240 Å². The highest BCUT2D eigenvalue weighted by molar-refractivity contribution is 6.13. The van der Waals surface area contributed by atoms with Crippen molar-refractivity contribution in [2.45, 2.75) is 84.0 Å². The monoisotopic (exact) mass is 550 g/mol. The Bertz CT molecular complexity index is 1780. The molecule has 5 heterocycles. The fraction of sp³-hybridized carbons (Fsp3) is 0.412. The van der Waals surface area contributed by atoms with E-state index in [1.807, 2.05) is 13.0 Å². The molecule has 0 spiro atoms. The highest BCUT2D eigenvalue weighted by Crippen LogP contribution is 2.45. The zero-order chi connectivity index (χ0) is 29.2. The lowest BCUT2D eigenvalue weighted by atomic mass is 9.85. The molecule has 0 fully saturated rings. The Hall–Kier alpha value is -4.00. The van der Waals surface area contributed by atoms with Gasteiger partial charge in [0.2, 0.25) is 0 Å². The van der Waals surface area contributed by atoms with Crippen LogP contribution in [0.2, 0.25) is 0 Å². The molecule has 1 aliphatic carbocycles. The molecule has 212 valence electrons. The summed E-state index contributed by atoms with van der Waals surface area (Å²) in [5, 5.41) is 0. The van der Waals surface area contributed by atoms with Crippen LogP contribution in [0.15, 0.2) is 30.9 Å². The van der Waals surface area contributed by atoms with Crippen LogP contribution in [-0.2, 0) is 22.4 Å². The average molecular weight is 551 g/mol. The number of nitrogens with one attached hydrogen (secondary N) is 2. The van der Waals surface area contributed by atoms with E-state index in [0.29, 0.717) is 19.3 Å². The lowest BCUT2D eigenvalue weighted by Crippen LogP contribution is -2.09. The number of nitrogens with zero attached hydrogens (tertiary/aromatic N) is 2. The van der Waals surface area contributed by atoms with Crippen molar-refractivity contribution in [1.82, 2.24) is 19.9 Å². The number of hydrogen-bond acceptors (Lipinski definition) is 5. The van der Waals surface area contributed by atoms with Crippen LogP contribution < -0.4 is 0 Å². The number of aromatic nitrogens is 4. The molecular weight excluding hydrogens is 512 g/mol. The van der Waals surface area contributed by atoms with Crippen molar-refractivity contribution in [1.29, 1.82) is 0 Å². The Kier molecular flexibility index (Phi) is 6.71. The molecule has 3 aliphatic rings. The number of fused-ring (bicyclic) bond motifs is 8. The Balaban J connectivity index is 1.73. The number of methoxy groups -OCH3 is 1. The molecule has 2 aliphatic heterocycles. The second-order valence-corrected chi connectivity index (χ2v) is 11.8. The van der Waals surface area contributed by atoms with Gasteiger partial charge in [-0.15, -0.1) is 6.58 Å². The second kappa shape index (κ2) is 10.1. The number of carbonyl (C=O) groups excluding carboxylic acids is 2. The van der Waals surface area contributed by atoms with Gasteiger partial charge in [-0.2, -0.15) is 0 Å². The van der Waals surface area contributed by atoms with Crippen LogP contribution >= 0.6 is 0 Å². The van der Waals surface area contributed by atoms with Gasteiger partial charge in [-0.3, -0.25) is 19.6 Å². The van der Waals surface area contributed by atoms with Crippen LogP contribution in [0.4, 0.5) is 0 Å². The number of rotatable bonds is 5. The number of hydrogen-bond donors (Lipinski definition) is 2. The van der Waals surface area contributed by atoms with Gasteiger partial charge in [0, 0.05) is 75.6 Å². The average Bonchev–Trinajstić information content (AvgIpc) is 3.70. The lowest BCUT2D eigenvalue weighted by molar-refractivity contribution is -0.140. The third-order valence-corrected chi connectivity index (χ3v) is 9.61. The lowest BCUT2D eigenvalue weighted by Gasteiger charge is -2.17. The summed E-state index contributed by atoms with van der Waals surface area (Å²) in [5.41, 5.74) is 12.8. The van der Waals surface area contributed by atoms with E-state index in [0.717, 1.165) is 68.0 Å². The molecule has 8 bridgehead atoms. The van der Waals surface area contributed by atoms with E-state index < -0.39 is 0 Å². The number of carbonyl (C=O) groups is 2. The number of aromatic amines is 2. The molecular formula is C34H38N4O3. The third-order valence-electron chi connectivity index (χ3n) is 9.61. The van der Waals surface area contributed by atoms with Crippen molar-refractivity contribution < 1.29 is 14.3 Å². The molecule has 0 radical (unpaired) electrons. The second-order valence-electron chi connectivity index (χ2n) is 11.8. The largest absolute Gasteiger partial charge is 0.469 e. The van der Waals surface area contributed by atoms with E-state index in [-0.39, 0.29) is 35.4 Å². The molecule has 3 aromatic rings. The molecule has 2 N–H and O–H groups in total. The van der Waals surface area contributed by atoms with Gasteiger partial charge >= 0.3 is 5.97 Å². The molecule has 41 heavy (non-hydrogen) atoms. The first-order valence-electron chi connectivity index (χ1n) is 14.6. The number of Topliss-reactive ketones (excluding diaryl/α,β-unsaturated/α-hetero) is 1. The summed E-state index contributed by atoms with van der Waals surface area (Å²) in [6.45, 7) is 14.8. The Morgan fingerprint density at radius 3 is 2.46 bits per heavy atom. The van der Waals surface area contributed by atoms with Gasteiger partial charge < -0.3 is 14.7 Å². The van der Waals surface area contributed by atoms with Crippen LogP contribution in [-0.4, -0.2) is 38.8 Å². The molecule has 0 aromatic carbocycles. The van der Waals surface area contributed by atoms with E-state index in [2.05, 4.69) is 62.4 Å². The van der Waals surface area contributed by atoms with Crippen LogP contribution in [0.3, 0.4) is 0 Å². The van der Waals surface area contributed by atoms with Crippen molar-refractivity contribution in [3.8, 4) is 0 Å². The van der Waals surface area contributed by atoms with Gasteiger partial charge in [0.25, 0.3) is 0 Å². The summed E-state index contributed by atoms with van der Waals surface area (Å²) in [6.07, 6.45) is 4.08. The summed E-state index contributed by atoms with van der Waals surface area (Å²) in [7, 11) is 1.42. The highest BCUT2D eigenvalue weighted by Gasteiger charge is 2.36. The van der Waals surface area contributed by atoms with E-state index >= 15 is 0 Å². The van der Waals surface area contributed by atoms with Crippen LogP contribution in [0.25, 0.3) is 22.1 Å².